The van der Waals surface area contributed by atoms with Crippen molar-refractivity contribution in [2.45, 2.75) is 19.9 Å². The van der Waals surface area contributed by atoms with Gasteiger partial charge in [0.25, 0.3) is 0 Å². The van der Waals surface area contributed by atoms with Crippen molar-refractivity contribution in [1.82, 2.24) is 4.98 Å². The van der Waals surface area contributed by atoms with Crippen molar-refractivity contribution in [2.75, 3.05) is 11.9 Å². The first-order valence-corrected chi connectivity index (χ1v) is 4.62. The number of anilines is 1. The predicted octanol–water partition coefficient (Wildman–Crippen LogP) is 1.65. The summed E-state index contributed by atoms with van der Waals surface area (Å²) in [5.41, 5.74) is 0.644. The van der Waals surface area contributed by atoms with Crippen molar-refractivity contribution < 1.29 is 9.50 Å². The molecule has 0 unspecified atom stereocenters. The van der Waals surface area contributed by atoms with Crippen molar-refractivity contribution >= 4 is 5.69 Å². The Morgan fingerprint density at radius 2 is 2.29 bits per heavy atom. The highest BCUT2D eigenvalue weighted by Crippen LogP contribution is 2.12. The van der Waals surface area contributed by atoms with Gasteiger partial charge >= 0.3 is 0 Å². The zero-order valence-electron chi connectivity index (χ0n) is 8.37. The number of nitrogens with one attached hydrogen (secondary N) is 1. The molecule has 0 aliphatic carbocycles. The first-order valence-electron chi connectivity index (χ1n) is 4.62. The molecule has 1 aromatic rings. The summed E-state index contributed by atoms with van der Waals surface area (Å²) in [5, 5.41) is 12.1. The van der Waals surface area contributed by atoms with Gasteiger partial charge in [-0.2, -0.15) is 4.39 Å². The van der Waals surface area contributed by atoms with E-state index in [4.69, 9.17) is 5.11 Å². The van der Waals surface area contributed by atoms with Crippen molar-refractivity contribution in [3.8, 4) is 0 Å². The zero-order chi connectivity index (χ0) is 10.6. The van der Waals surface area contributed by atoms with Gasteiger partial charge in [0.1, 0.15) is 0 Å². The molecule has 0 fully saturated rings. The Bertz CT molecular complexity index is 291. The zero-order valence-corrected chi connectivity index (χ0v) is 8.37. The van der Waals surface area contributed by atoms with Gasteiger partial charge in [0.2, 0.25) is 5.95 Å². The monoisotopic (exact) mass is 198 g/mol. The van der Waals surface area contributed by atoms with E-state index >= 15 is 0 Å². The normalized spacial score (nSPS) is 12.9. The Kier molecular flexibility index (Phi) is 3.83. The van der Waals surface area contributed by atoms with E-state index in [0.717, 1.165) is 0 Å². The first kappa shape index (κ1) is 10.9. The molecule has 1 atom stereocenters. The highest BCUT2D eigenvalue weighted by Gasteiger charge is 2.11. The van der Waals surface area contributed by atoms with Crippen molar-refractivity contribution in [3.63, 3.8) is 0 Å². The van der Waals surface area contributed by atoms with E-state index in [-0.39, 0.29) is 18.6 Å². The third kappa shape index (κ3) is 2.96. The molecule has 0 saturated heterocycles. The van der Waals surface area contributed by atoms with Crippen LogP contribution >= 0.6 is 0 Å². The number of hydrogen-bond acceptors (Lipinski definition) is 3. The molecule has 0 aliphatic rings. The maximum Gasteiger partial charge on any atom is 0.214 e. The van der Waals surface area contributed by atoms with Crippen molar-refractivity contribution in [3.05, 3.63) is 24.3 Å². The van der Waals surface area contributed by atoms with E-state index in [2.05, 4.69) is 10.3 Å². The Hall–Kier alpha value is -1.16. The summed E-state index contributed by atoms with van der Waals surface area (Å²) >= 11 is 0. The van der Waals surface area contributed by atoms with Crippen LogP contribution in [0.3, 0.4) is 0 Å². The van der Waals surface area contributed by atoms with Crippen LogP contribution in [0.2, 0.25) is 0 Å². The summed E-state index contributed by atoms with van der Waals surface area (Å²) in [6.07, 6.45) is 1.40. The molecular formula is C10H15FN2O. The van der Waals surface area contributed by atoms with E-state index in [9.17, 15) is 4.39 Å². The molecule has 1 rings (SSSR count). The largest absolute Gasteiger partial charge is 0.394 e. The maximum absolute atomic E-state index is 12.7. The molecule has 0 radical (unpaired) electrons. The summed E-state index contributed by atoms with van der Waals surface area (Å²) in [4.78, 5) is 3.45. The summed E-state index contributed by atoms with van der Waals surface area (Å²) < 4.78 is 12.7. The maximum atomic E-state index is 12.7. The number of rotatable bonds is 4. The highest BCUT2D eigenvalue weighted by atomic mass is 19.1. The molecule has 78 valence electrons. The first-order chi connectivity index (χ1) is 6.63. The fourth-order valence-corrected chi connectivity index (χ4v) is 1.13. The second-order valence-corrected chi connectivity index (χ2v) is 3.54. The van der Waals surface area contributed by atoms with Gasteiger partial charge in [-0.3, -0.25) is 0 Å². The topological polar surface area (TPSA) is 45.1 Å². The SMILES string of the molecule is CC(C)[C@@H](CO)Nc1ccnc(F)c1. The standard InChI is InChI=1S/C10H15FN2O/c1-7(2)9(6-14)13-8-3-4-12-10(11)5-8/h3-5,7,9,14H,6H2,1-2H3,(H,12,13)/t9-/m1/s1. The predicted molar refractivity (Wildman–Crippen MR) is 53.5 cm³/mol. The fraction of sp³-hybridized carbons (Fsp3) is 0.500. The quantitative estimate of drug-likeness (QED) is 0.723. The second kappa shape index (κ2) is 4.91. The van der Waals surface area contributed by atoms with Gasteiger partial charge in [0, 0.05) is 18.0 Å². The molecule has 0 spiro atoms. The van der Waals surface area contributed by atoms with E-state index in [1.165, 1.54) is 12.3 Å². The third-order valence-corrected chi connectivity index (χ3v) is 2.08. The van der Waals surface area contributed by atoms with E-state index in [0.29, 0.717) is 5.69 Å². The molecule has 1 heterocycles. The molecule has 0 aliphatic heterocycles. The number of aliphatic hydroxyl groups excluding tert-OH is 1. The summed E-state index contributed by atoms with van der Waals surface area (Å²) in [7, 11) is 0. The minimum atomic E-state index is -0.518. The number of pyridine rings is 1. The summed E-state index contributed by atoms with van der Waals surface area (Å²) in [5.74, 6) is -0.230. The van der Waals surface area contributed by atoms with Gasteiger partial charge < -0.3 is 10.4 Å². The average Bonchev–Trinajstić information content (AvgIpc) is 2.14. The van der Waals surface area contributed by atoms with E-state index in [1.807, 2.05) is 13.8 Å². The minimum Gasteiger partial charge on any atom is -0.394 e. The van der Waals surface area contributed by atoms with Gasteiger partial charge in [-0.15, -0.1) is 0 Å². The molecule has 14 heavy (non-hydrogen) atoms. The van der Waals surface area contributed by atoms with Crippen molar-refractivity contribution in [2.24, 2.45) is 5.92 Å². The van der Waals surface area contributed by atoms with Gasteiger partial charge in [0.05, 0.1) is 12.6 Å². The van der Waals surface area contributed by atoms with Crippen LogP contribution in [0, 0.1) is 11.9 Å². The molecule has 0 amide bonds. The van der Waals surface area contributed by atoms with E-state index in [1.54, 1.807) is 6.07 Å². The average molecular weight is 198 g/mol. The molecule has 0 saturated carbocycles. The van der Waals surface area contributed by atoms with Gasteiger partial charge in [0.15, 0.2) is 0 Å². The van der Waals surface area contributed by atoms with Crippen LogP contribution in [0.15, 0.2) is 18.3 Å². The lowest BCUT2D eigenvalue weighted by Crippen LogP contribution is -2.29. The summed E-state index contributed by atoms with van der Waals surface area (Å²) in [6.45, 7) is 4.01. The molecule has 4 heteroatoms. The highest BCUT2D eigenvalue weighted by molar-refractivity contribution is 5.42. The lowest BCUT2D eigenvalue weighted by Gasteiger charge is -2.20. The van der Waals surface area contributed by atoms with Crippen LogP contribution in [0.5, 0.6) is 0 Å². The van der Waals surface area contributed by atoms with Gasteiger partial charge in [-0.1, -0.05) is 13.8 Å². The lowest BCUT2D eigenvalue weighted by atomic mass is 10.1. The van der Waals surface area contributed by atoms with Crippen LogP contribution in [0.25, 0.3) is 0 Å². The fourth-order valence-electron chi connectivity index (χ4n) is 1.13. The van der Waals surface area contributed by atoms with Gasteiger partial charge in [-0.05, 0) is 12.0 Å². The Morgan fingerprint density at radius 3 is 2.79 bits per heavy atom. The summed E-state index contributed by atoms with van der Waals surface area (Å²) in [6, 6.07) is 2.93. The number of aliphatic hydroxyl groups is 1. The molecular weight excluding hydrogens is 183 g/mol. The van der Waals surface area contributed by atoms with Gasteiger partial charge in [-0.25, -0.2) is 4.98 Å². The van der Waals surface area contributed by atoms with E-state index < -0.39 is 5.95 Å². The van der Waals surface area contributed by atoms with Crippen LogP contribution in [0.4, 0.5) is 10.1 Å². The molecule has 2 N–H and O–H groups in total. The molecule has 0 aromatic carbocycles. The minimum absolute atomic E-state index is 0.0294. The Morgan fingerprint density at radius 1 is 1.57 bits per heavy atom. The number of hydrogen-bond donors (Lipinski definition) is 2. The van der Waals surface area contributed by atoms with Crippen LogP contribution in [0.1, 0.15) is 13.8 Å². The number of halogens is 1. The Balaban J connectivity index is 2.67. The molecule has 3 nitrogen and oxygen atoms in total. The smallest absolute Gasteiger partial charge is 0.214 e. The lowest BCUT2D eigenvalue weighted by molar-refractivity contribution is 0.249. The molecule has 0 bridgehead atoms. The Labute approximate surface area is 83.0 Å². The van der Waals surface area contributed by atoms with Crippen LogP contribution < -0.4 is 5.32 Å². The van der Waals surface area contributed by atoms with Crippen LogP contribution in [-0.2, 0) is 0 Å². The van der Waals surface area contributed by atoms with Crippen molar-refractivity contribution in [1.29, 1.82) is 0 Å². The molecule has 1 aromatic heterocycles. The second-order valence-electron chi connectivity index (χ2n) is 3.54. The number of aromatic nitrogens is 1. The van der Waals surface area contributed by atoms with Crippen LogP contribution in [-0.4, -0.2) is 22.7 Å². The third-order valence-electron chi connectivity index (χ3n) is 2.08. The number of nitrogens with zero attached hydrogens (tertiary/aromatic N) is 1.